The second-order valence-corrected chi connectivity index (χ2v) is 10.2. The number of nitrogens with zero attached hydrogens (tertiary/aromatic N) is 1. The van der Waals surface area contributed by atoms with Crippen LogP contribution in [0.3, 0.4) is 0 Å². The number of hydrogen-bond donors (Lipinski definition) is 5. The maximum absolute atomic E-state index is 12.1. The van der Waals surface area contributed by atoms with Crippen LogP contribution < -0.4 is 27.0 Å². The standard InChI is InChI=1S/C22H40N6O5S/c1-28(11-12-33-2)13-19(30)25-15(21(23)31)7-5-6-10-24-18(29)9-4-3-8-17-20-16(14-34-17)26-22(32)27-20/h15-17,20H,3-14H2,1-2H3,(H2,23,31)(H,24,29)(H,25,30)(H2,26,27,32)/t15-,16-,17?,20-/m0/s1. The lowest BCUT2D eigenvalue weighted by molar-refractivity contribution is -0.128. The number of primary amides is 1. The number of likely N-dealkylation sites (N-methyl/N-ethyl adjacent to an activating group) is 1. The van der Waals surface area contributed by atoms with E-state index in [1.54, 1.807) is 19.1 Å². The Morgan fingerprint density at radius 3 is 2.74 bits per heavy atom. The van der Waals surface area contributed by atoms with Gasteiger partial charge in [0.1, 0.15) is 6.04 Å². The molecule has 1 unspecified atom stereocenters. The summed E-state index contributed by atoms with van der Waals surface area (Å²) in [6.45, 7) is 1.82. The van der Waals surface area contributed by atoms with E-state index in [4.69, 9.17) is 10.5 Å². The molecule has 2 heterocycles. The van der Waals surface area contributed by atoms with Gasteiger partial charge in [0.25, 0.3) is 0 Å². The molecule has 6 N–H and O–H groups in total. The summed E-state index contributed by atoms with van der Waals surface area (Å²) in [7, 11) is 3.40. The molecule has 0 aliphatic carbocycles. The molecule has 2 fully saturated rings. The molecule has 0 aromatic rings. The SMILES string of the molecule is COCCN(C)CC(=O)N[C@@H](CCCCNC(=O)CCCCC1SC[C@@H]2NC(=O)N[C@H]12)C(N)=O. The third kappa shape index (κ3) is 10.1. The zero-order valence-electron chi connectivity index (χ0n) is 20.3. The van der Waals surface area contributed by atoms with Crippen molar-refractivity contribution in [3.63, 3.8) is 0 Å². The average Bonchev–Trinajstić information content (AvgIpc) is 3.33. The van der Waals surface area contributed by atoms with Gasteiger partial charge in [-0.2, -0.15) is 11.8 Å². The summed E-state index contributed by atoms with van der Waals surface area (Å²) in [5.41, 5.74) is 5.42. The minimum absolute atomic E-state index is 0.0200. The van der Waals surface area contributed by atoms with Gasteiger partial charge in [0.2, 0.25) is 17.7 Å². The Morgan fingerprint density at radius 2 is 2.00 bits per heavy atom. The maximum Gasteiger partial charge on any atom is 0.315 e. The predicted molar refractivity (Wildman–Crippen MR) is 131 cm³/mol. The number of nitrogens with one attached hydrogen (secondary N) is 4. The highest BCUT2D eigenvalue weighted by atomic mass is 32.2. The molecule has 0 radical (unpaired) electrons. The minimum Gasteiger partial charge on any atom is -0.383 e. The van der Waals surface area contributed by atoms with Crippen LogP contribution in [0.15, 0.2) is 0 Å². The summed E-state index contributed by atoms with van der Waals surface area (Å²) in [6.07, 6.45) is 5.03. The van der Waals surface area contributed by atoms with E-state index in [2.05, 4.69) is 21.3 Å². The van der Waals surface area contributed by atoms with Gasteiger partial charge in [0.15, 0.2) is 0 Å². The first kappa shape index (κ1) is 28.2. The number of amides is 5. The van der Waals surface area contributed by atoms with E-state index in [0.717, 1.165) is 25.0 Å². The fourth-order valence-corrected chi connectivity index (χ4v) is 5.70. The summed E-state index contributed by atoms with van der Waals surface area (Å²) < 4.78 is 4.98. The molecule has 2 aliphatic heterocycles. The predicted octanol–water partition coefficient (Wildman–Crippen LogP) is -0.453. The molecule has 12 heteroatoms. The van der Waals surface area contributed by atoms with Gasteiger partial charge in [0.05, 0.1) is 25.2 Å². The van der Waals surface area contributed by atoms with E-state index >= 15 is 0 Å². The van der Waals surface area contributed by atoms with Crippen molar-refractivity contribution in [2.45, 2.75) is 68.3 Å². The van der Waals surface area contributed by atoms with Crippen LogP contribution in [-0.4, -0.2) is 98.2 Å². The van der Waals surface area contributed by atoms with Gasteiger partial charge in [-0.1, -0.05) is 6.42 Å². The van der Waals surface area contributed by atoms with Crippen molar-refractivity contribution in [2.24, 2.45) is 5.73 Å². The van der Waals surface area contributed by atoms with Crippen LogP contribution in [0.25, 0.3) is 0 Å². The number of urea groups is 1. The Labute approximate surface area is 206 Å². The molecule has 0 spiro atoms. The Morgan fingerprint density at radius 1 is 1.21 bits per heavy atom. The highest BCUT2D eigenvalue weighted by Crippen LogP contribution is 2.33. The first-order valence-electron chi connectivity index (χ1n) is 12.0. The number of methoxy groups -OCH3 is 1. The molecule has 0 aromatic carbocycles. The third-order valence-electron chi connectivity index (χ3n) is 6.09. The fourth-order valence-electron chi connectivity index (χ4n) is 4.16. The first-order valence-corrected chi connectivity index (χ1v) is 13.1. The molecule has 4 atom stereocenters. The fraction of sp³-hybridized carbons (Fsp3) is 0.818. The van der Waals surface area contributed by atoms with Crippen molar-refractivity contribution in [3.05, 3.63) is 0 Å². The lowest BCUT2D eigenvalue weighted by Crippen LogP contribution is -2.47. The van der Waals surface area contributed by atoms with Crippen LogP contribution in [0.4, 0.5) is 4.79 Å². The minimum atomic E-state index is -0.716. The van der Waals surface area contributed by atoms with Crippen molar-refractivity contribution in [1.82, 2.24) is 26.2 Å². The number of carbonyl (C=O) groups excluding carboxylic acids is 4. The lowest BCUT2D eigenvalue weighted by Gasteiger charge is -2.19. The highest BCUT2D eigenvalue weighted by molar-refractivity contribution is 8.00. The molecule has 11 nitrogen and oxygen atoms in total. The number of thioether (sulfide) groups is 1. The molecule has 2 rings (SSSR count). The molecule has 34 heavy (non-hydrogen) atoms. The van der Waals surface area contributed by atoms with E-state index in [1.807, 2.05) is 11.8 Å². The third-order valence-corrected chi connectivity index (χ3v) is 7.60. The van der Waals surface area contributed by atoms with E-state index in [1.165, 1.54) is 0 Å². The van der Waals surface area contributed by atoms with Gasteiger partial charge in [0, 0.05) is 37.6 Å². The van der Waals surface area contributed by atoms with Gasteiger partial charge < -0.3 is 31.7 Å². The Hall–Kier alpha value is -2.05. The number of carbonyl (C=O) groups is 4. The van der Waals surface area contributed by atoms with Gasteiger partial charge in [-0.05, 0) is 39.2 Å². The molecule has 5 amide bonds. The van der Waals surface area contributed by atoms with Crippen molar-refractivity contribution >= 4 is 35.5 Å². The summed E-state index contributed by atoms with van der Waals surface area (Å²) in [5, 5.41) is 11.9. The van der Waals surface area contributed by atoms with Crippen LogP contribution in [0.5, 0.6) is 0 Å². The second kappa shape index (κ2) is 15.0. The smallest absolute Gasteiger partial charge is 0.315 e. The largest absolute Gasteiger partial charge is 0.383 e. The zero-order chi connectivity index (χ0) is 24.9. The number of hydrogen-bond acceptors (Lipinski definition) is 7. The molecule has 0 aromatic heterocycles. The van der Waals surface area contributed by atoms with E-state index in [0.29, 0.717) is 50.6 Å². The monoisotopic (exact) mass is 500 g/mol. The van der Waals surface area contributed by atoms with Crippen LogP contribution in [-0.2, 0) is 19.1 Å². The summed E-state index contributed by atoms with van der Waals surface area (Å²) in [6, 6.07) is -0.353. The van der Waals surface area contributed by atoms with Crippen molar-refractivity contribution in [2.75, 3.05) is 46.2 Å². The van der Waals surface area contributed by atoms with Crippen LogP contribution in [0.1, 0.15) is 44.9 Å². The van der Waals surface area contributed by atoms with Gasteiger partial charge in [-0.15, -0.1) is 0 Å². The van der Waals surface area contributed by atoms with Crippen LogP contribution in [0, 0.1) is 0 Å². The summed E-state index contributed by atoms with van der Waals surface area (Å²) >= 11 is 1.88. The Kier molecular flexibility index (Phi) is 12.5. The summed E-state index contributed by atoms with van der Waals surface area (Å²) in [5.74, 6) is 0.150. The molecule has 2 aliphatic rings. The zero-order valence-corrected chi connectivity index (χ0v) is 21.1. The normalized spacial score (nSPS) is 22.1. The average molecular weight is 501 g/mol. The van der Waals surface area contributed by atoms with Gasteiger partial charge >= 0.3 is 6.03 Å². The topological polar surface area (TPSA) is 155 Å². The molecular weight excluding hydrogens is 460 g/mol. The molecule has 194 valence electrons. The number of unbranched alkanes of at least 4 members (excludes halogenated alkanes) is 2. The van der Waals surface area contributed by atoms with E-state index in [9.17, 15) is 19.2 Å². The molecule has 0 saturated carbocycles. The van der Waals surface area contributed by atoms with Gasteiger partial charge in [-0.25, -0.2) is 4.79 Å². The van der Waals surface area contributed by atoms with E-state index < -0.39 is 11.9 Å². The van der Waals surface area contributed by atoms with Gasteiger partial charge in [-0.3, -0.25) is 19.3 Å². The Bertz CT molecular complexity index is 697. The highest BCUT2D eigenvalue weighted by Gasteiger charge is 2.42. The van der Waals surface area contributed by atoms with E-state index in [-0.39, 0.29) is 36.5 Å². The van der Waals surface area contributed by atoms with Crippen LogP contribution in [0.2, 0.25) is 0 Å². The summed E-state index contributed by atoms with van der Waals surface area (Å²) in [4.78, 5) is 49.1. The Balaban J connectivity index is 1.51. The van der Waals surface area contributed by atoms with Crippen molar-refractivity contribution in [1.29, 1.82) is 0 Å². The lowest BCUT2D eigenvalue weighted by atomic mass is 10.0. The van der Waals surface area contributed by atoms with Crippen LogP contribution >= 0.6 is 11.8 Å². The second-order valence-electron chi connectivity index (χ2n) is 8.97. The number of rotatable bonds is 17. The molecule has 0 bridgehead atoms. The quantitative estimate of drug-likeness (QED) is 0.134. The maximum atomic E-state index is 12.1. The first-order chi connectivity index (χ1) is 16.3. The molecular formula is C22H40N6O5S. The van der Waals surface area contributed by atoms with Crippen molar-refractivity contribution < 1.29 is 23.9 Å². The number of ether oxygens (including phenoxy) is 1. The molecule has 2 saturated heterocycles. The van der Waals surface area contributed by atoms with Crippen molar-refractivity contribution in [3.8, 4) is 0 Å². The number of nitrogens with two attached hydrogens (primary N) is 1. The number of fused-ring (bicyclic) bond motifs is 1.